The summed E-state index contributed by atoms with van der Waals surface area (Å²) in [7, 11) is 0. The van der Waals surface area contributed by atoms with Gasteiger partial charge >= 0.3 is 0 Å². The van der Waals surface area contributed by atoms with Gasteiger partial charge in [-0.1, -0.05) is 13.8 Å². The molecule has 94 valence electrons. The summed E-state index contributed by atoms with van der Waals surface area (Å²) >= 11 is 0. The fourth-order valence-electron chi connectivity index (χ4n) is 2.60. The highest BCUT2D eigenvalue weighted by molar-refractivity contribution is 5.01. The second kappa shape index (κ2) is 3.62. The third-order valence-electron chi connectivity index (χ3n) is 3.61. The molecule has 0 N–H and O–H groups in total. The van der Waals surface area contributed by atoms with Crippen molar-refractivity contribution >= 4 is 0 Å². The molecule has 0 unspecified atom stereocenters. The molecular formula is C11H18F2O3. The predicted molar refractivity (Wildman–Crippen MR) is 53.1 cm³/mol. The van der Waals surface area contributed by atoms with E-state index in [1.165, 1.54) is 0 Å². The van der Waals surface area contributed by atoms with Crippen LogP contribution >= 0.6 is 0 Å². The average molecular weight is 236 g/mol. The average Bonchev–Trinajstić information content (AvgIpc) is 2.59. The second-order valence-corrected chi connectivity index (χ2v) is 4.98. The number of halogens is 2. The lowest BCUT2D eigenvalue weighted by atomic mass is 9.85. The smallest absolute Gasteiger partial charge is 0.267 e. The first-order chi connectivity index (χ1) is 7.32. The zero-order valence-corrected chi connectivity index (χ0v) is 10.00. The summed E-state index contributed by atoms with van der Waals surface area (Å²) in [5.74, 6) is -1.12. The van der Waals surface area contributed by atoms with Gasteiger partial charge in [0.1, 0.15) is 11.7 Å². The molecule has 0 aromatic carbocycles. The van der Waals surface area contributed by atoms with E-state index in [0.29, 0.717) is 0 Å². The molecule has 2 fully saturated rings. The summed E-state index contributed by atoms with van der Waals surface area (Å²) in [6, 6.07) is 0. The predicted octanol–water partition coefficient (Wildman–Crippen LogP) is 2.54. The van der Waals surface area contributed by atoms with Crippen LogP contribution in [0.4, 0.5) is 8.78 Å². The Bertz CT molecular complexity index is 282. The second-order valence-electron chi connectivity index (χ2n) is 4.98. The van der Waals surface area contributed by atoms with Gasteiger partial charge in [0.05, 0.1) is 0 Å². The van der Waals surface area contributed by atoms with Gasteiger partial charge in [-0.2, -0.15) is 0 Å². The van der Waals surface area contributed by atoms with Gasteiger partial charge in [-0.15, -0.1) is 0 Å². The van der Waals surface area contributed by atoms with E-state index in [1.54, 1.807) is 27.7 Å². The molecule has 2 rings (SSSR count). The van der Waals surface area contributed by atoms with Crippen molar-refractivity contribution in [1.29, 1.82) is 0 Å². The number of hydrogen-bond acceptors (Lipinski definition) is 3. The Balaban J connectivity index is 2.21. The van der Waals surface area contributed by atoms with Crippen LogP contribution in [0.3, 0.4) is 0 Å². The number of ether oxygens (including phenoxy) is 3. The van der Waals surface area contributed by atoms with Crippen molar-refractivity contribution < 1.29 is 23.0 Å². The molecule has 0 radical (unpaired) electrons. The van der Waals surface area contributed by atoms with E-state index in [1.807, 2.05) is 0 Å². The first-order valence-electron chi connectivity index (χ1n) is 5.64. The number of fused-ring (bicyclic) bond motifs is 1. The first-order valence-corrected chi connectivity index (χ1v) is 5.64. The van der Waals surface area contributed by atoms with Gasteiger partial charge < -0.3 is 14.2 Å². The fourth-order valence-corrected chi connectivity index (χ4v) is 2.60. The highest BCUT2D eigenvalue weighted by atomic mass is 19.3. The van der Waals surface area contributed by atoms with Crippen molar-refractivity contribution in [2.45, 2.75) is 64.3 Å². The van der Waals surface area contributed by atoms with Crippen molar-refractivity contribution in [3.63, 3.8) is 0 Å². The Hall–Kier alpha value is -0.260. The molecule has 2 saturated heterocycles. The standard InChI is InChI=1S/C11H18F2O3/c1-5-11(9(12)13)6(2)7-8(16-11)15-10(3,4)14-7/h6-9H,5H2,1-4H3/t6-,7+,8-,11+/m0/s1. The molecule has 0 saturated carbocycles. The Labute approximate surface area is 94.0 Å². The largest absolute Gasteiger partial charge is 0.341 e. The summed E-state index contributed by atoms with van der Waals surface area (Å²) in [6.45, 7) is 6.97. The summed E-state index contributed by atoms with van der Waals surface area (Å²) in [5, 5.41) is 0. The summed E-state index contributed by atoms with van der Waals surface area (Å²) in [5.41, 5.74) is -1.42. The first kappa shape index (κ1) is 12.2. The summed E-state index contributed by atoms with van der Waals surface area (Å²) < 4.78 is 42.7. The third-order valence-corrected chi connectivity index (χ3v) is 3.61. The monoisotopic (exact) mass is 236 g/mol. The van der Waals surface area contributed by atoms with Crippen LogP contribution in [0.2, 0.25) is 0 Å². The molecule has 0 aliphatic carbocycles. The van der Waals surface area contributed by atoms with E-state index in [4.69, 9.17) is 14.2 Å². The minimum atomic E-state index is -2.52. The Morgan fingerprint density at radius 1 is 1.19 bits per heavy atom. The van der Waals surface area contributed by atoms with Crippen LogP contribution in [-0.4, -0.2) is 30.2 Å². The Kier molecular flexibility index (Phi) is 2.76. The minimum Gasteiger partial charge on any atom is -0.341 e. The van der Waals surface area contributed by atoms with Crippen LogP contribution < -0.4 is 0 Å². The zero-order chi connectivity index (χ0) is 12.1. The van der Waals surface area contributed by atoms with E-state index >= 15 is 0 Å². The molecule has 2 aliphatic rings. The van der Waals surface area contributed by atoms with Gasteiger partial charge in [0, 0.05) is 5.92 Å². The molecule has 0 amide bonds. The molecule has 0 bridgehead atoms. The van der Waals surface area contributed by atoms with Gasteiger partial charge in [0.15, 0.2) is 12.1 Å². The molecule has 0 aromatic heterocycles. The summed E-state index contributed by atoms with van der Waals surface area (Å²) in [4.78, 5) is 0. The van der Waals surface area contributed by atoms with Gasteiger partial charge in [0.25, 0.3) is 6.43 Å². The topological polar surface area (TPSA) is 27.7 Å². The van der Waals surface area contributed by atoms with Crippen LogP contribution in [0.1, 0.15) is 34.1 Å². The molecule has 4 atom stereocenters. The molecule has 3 nitrogen and oxygen atoms in total. The Morgan fingerprint density at radius 3 is 2.25 bits per heavy atom. The maximum absolute atomic E-state index is 13.1. The van der Waals surface area contributed by atoms with Crippen molar-refractivity contribution in [3.8, 4) is 0 Å². The van der Waals surface area contributed by atoms with Crippen LogP contribution in [0.15, 0.2) is 0 Å². The van der Waals surface area contributed by atoms with Crippen LogP contribution in [0, 0.1) is 5.92 Å². The van der Waals surface area contributed by atoms with E-state index in [9.17, 15) is 8.78 Å². The Morgan fingerprint density at radius 2 is 1.81 bits per heavy atom. The quantitative estimate of drug-likeness (QED) is 0.737. The van der Waals surface area contributed by atoms with E-state index < -0.39 is 30.2 Å². The third kappa shape index (κ3) is 1.57. The zero-order valence-electron chi connectivity index (χ0n) is 10.00. The number of hydrogen-bond donors (Lipinski definition) is 0. The molecular weight excluding hydrogens is 218 g/mol. The van der Waals surface area contributed by atoms with Gasteiger partial charge in [-0.05, 0) is 20.3 Å². The van der Waals surface area contributed by atoms with Crippen molar-refractivity contribution in [2.24, 2.45) is 5.92 Å². The lowest BCUT2D eigenvalue weighted by Crippen LogP contribution is -2.45. The lowest BCUT2D eigenvalue weighted by molar-refractivity contribution is -0.256. The summed E-state index contributed by atoms with van der Waals surface area (Å²) in [6.07, 6.45) is -3.33. The molecule has 0 aromatic rings. The minimum absolute atomic E-state index is 0.256. The molecule has 16 heavy (non-hydrogen) atoms. The van der Waals surface area contributed by atoms with E-state index in [0.717, 1.165) is 0 Å². The highest BCUT2D eigenvalue weighted by Gasteiger charge is 2.62. The number of alkyl halides is 2. The van der Waals surface area contributed by atoms with E-state index in [2.05, 4.69) is 0 Å². The normalized spacial score (nSPS) is 46.3. The molecule has 2 heterocycles. The van der Waals surface area contributed by atoms with Crippen LogP contribution in [0.25, 0.3) is 0 Å². The molecule has 2 aliphatic heterocycles. The van der Waals surface area contributed by atoms with Gasteiger partial charge in [-0.25, -0.2) is 8.78 Å². The molecule has 5 heteroatoms. The van der Waals surface area contributed by atoms with Crippen LogP contribution in [0.5, 0.6) is 0 Å². The molecule has 0 spiro atoms. The van der Waals surface area contributed by atoms with Crippen LogP contribution in [-0.2, 0) is 14.2 Å². The fraction of sp³-hybridized carbons (Fsp3) is 1.00. The maximum Gasteiger partial charge on any atom is 0.267 e. The number of rotatable bonds is 2. The van der Waals surface area contributed by atoms with Crippen molar-refractivity contribution in [1.82, 2.24) is 0 Å². The van der Waals surface area contributed by atoms with E-state index in [-0.39, 0.29) is 12.3 Å². The lowest BCUT2D eigenvalue weighted by Gasteiger charge is -2.33. The highest BCUT2D eigenvalue weighted by Crippen LogP contribution is 2.49. The van der Waals surface area contributed by atoms with Crippen molar-refractivity contribution in [2.75, 3.05) is 0 Å². The maximum atomic E-state index is 13.1. The van der Waals surface area contributed by atoms with Crippen molar-refractivity contribution in [3.05, 3.63) is 0 Å². The van der Waals surface area contributed by atoms with Gasteiger partial charge in [0.2, 0.25) is 0 Å². The SMILES string of the molecule is CC[C@@]1(C(F)F)O[C@@H]2OC(C)(C)O[C@@H]2[C@@H]1C. The van der Waals surface area contributed by atoms with Gasteiger partial charge in [-0.3, -0.25) is 0 Å².